The van der Waals surface area contributed by atoms with Gasteiger partial charge in [-0.15, -0.1) is 0 Å². The Bertz CT molecular complexity index is 1190. The van der Waals surface area contributed by atoms with Crippen molar-refractivity contribution in [3.05, 3.63) is 66.0 Å². The van der Waals surface area contributed by atoms with Gasteiger partial charge >= 0.3 is 5.97 Å². The number of Topliss-reactive ketones (excluding diaryl/α,β-unsaturated/α-hetero) is 1. The van der Waals surface area contributed by atoms with E-state index in [-0.39, 0.29) is 11.8 Å². The van der Waals surface area contributed by atoms with Crippen LogP contribution < -0.4 is 0 Å². The Labute approximate surface area is 208 Å². The lowest BCUT2D eigenvalue weighted by Crippen LogP contribution is -2.34. The Morgan fingerprint density at radius 1 is 1.00 bits per heavy atom. The van der Waals surface area contributed by atoms with Gasteiger partial charge in [-0.1, -0.05) is 36.4 Å². The summed E-state index contributed by atoms with van der Waals surface area (Å²) >= 11 is 0. The number of hydrogen-bond acceptors (Lipinski definition) is 5. The highest BCUT2D eigenvalue weighted by atomic mass is 16.6. The second kappa shape index (κ2) is 10.7. The minimum atomic E-state index is -0.418. The number of rotatable bonds is 7. The number of likely N-dealkylation sites (tertiary alicyclic amines) is 1. The van der Waals surface area contributed by atoms with Gasteiger partial charge in [-0.3, -0.25) is 19.5 Å². The lowest BCUT2D eigenvalue weighted by molar-refractivity contribution is -0.156. The first-order valence-corrected chi connectivity index (χ1v) is 12.6. The molecule has 4 rings (SSSR count). The van der Waals surface area contributed by atoms with Gasteiger partial charge < -0.3 is 4.74 Å². The molecule has 0 atom stereocenters. The Morgan fingerprint density at radius 2 is 1.69 bits per heavy atom. The van der Waals surface area contributed by atoms with E-state index < -0.39 is 5.60 Å². The van der Waals surface area contributed by atoms with E-state index in [0.717, 1.165) is 54.6 Å². The topological polar surface area (TPSA) is 59.5 Å². The summed E-state index contributed by atoms with van der Waals surface area (Å²) in [5, 5.41) is 2.31. The molecule has 0 N–H and O–H groups in total. The number of carbonyl (C=O) groups excluding carboxylic acids is 2. The molecule has 3 aromatic rings. The molecule has 1 fully saturated rings. The van der Waals surface area contributed by atoms with Crippen LogP contribution in [-0.2, 0) is 27.3 Å². The van der Waals surface area contributed by atoms with Gasteiger partial charge in [0.05, 0.1) is 0 Å². The maximum absolute atomic E-state index is 12.2. The predicted octanol–water partition coefficient (Wildman–Crippen LogP) is 5.98. The molecule has 0 radical (unpaired) electrons. The van der Waals surface area contributed by atoms with Crippen LogP contribution in [0.1, 0.15) is 58.1 Å². The number of ether oxygens (including phenoxy) is 1. The molecule has 0 unspecified atom stereocenters. The number of pyridine rings is 1. The SMILES string of the molecule is CC(=O)Cc1ccc(-c2cncc3ccc(CN4CCC(CC(=O)OC(C)(C)C)CC4)cc23)cc1. The molecule has 5 heteroatoms. The van der Waals surface area contributed by atoms with Crippen molar-refractivity contribution in [3.63, 3.8) is 0 Å². The van der Waals surface area contributed by atoms with Crippen molar-refractivity contribution in [2.45, 2.75) is 65.5 Å². The third kappa shape index (κ3) is 6.98. The van der Waals surface area contributed by atoms with E-state index in [2.05, 4.69) is 40.2 Å². The first kappa shape index (κ1) is 25.1. The Morgan fingerprint density at radius 3 is 2.34 bits per heavy atom. The zero-order valence-corrected chi connectivity index (χ0v) is 21.3. The highest BCUT2D eigenvalue weighted by Gasteiger charge is 2.24. The molecule has 0 bridgehead atoms. The second-order valence-electron chi connectivity index (χ2n) is 10.8. The molecule has 1 aliphatic rings. The molecule has 0 saturated carbocycles. The van der Waals surface area contributed by atoms with Gasteiger partial charge in [-0.05, 0) is 87.7 Å². The van der Waals surface area contributed by atoms with Crippen LogP contribution in [0.2, 0.25) is 0 Å². The molecule has 1 aromatic heterocycles. The summed E-state index contributed by atoms with van der Waals surface area (Å²) in [5.74, 6) is 0.491. The molecule has 5 nitrogen and oxygen atoms in total. The summed E-state index contributed by atoms with van der Waals surface area (Å²) in [6.45, 7) is 10.3. The van der Waals surface area contributed by atoms with Crippen molar-refractivity contribution in [1.82, 2.24) is 9.88 Å². The van der Waals surface area contributed by atoms with E-state index >= 15 is 0 Å². The first-order valence-electron chi connectivity index (χ1n) is 12.6. The molecule has 35 heavy (non-hydrogen) atoms. The zero-order valence-electron chi connectivity index (χ0n) is 21.3. The van der Waals surface area contributed by atoms with Gasteiger partial charge in [0, 0.05) is 42.7 Å². The van der Waals surface area contributed by atoms with Gasteiger partial charge in [-0.25, -0.2) is 0 Å². The molecule has 0 amide bonds. The van der Waals surface area contributed by atoms with Gasteiger partial charge in [0.15, 0.2) is 0 Å². The minimum Gasteiger partial charge on any atom is -0.460 e. The molecular weight excluding hydrogens is 436 g/mol. The van der Waals surface area contributed by atoms with Crippen LogP contribution in [0.3, 0.4) is 0 Å². The van der Waals surface area contributed by atoms with Crippen molar-refractivity contribution in [1.29, 1.82) is 0 Å². The van der Waals surface area contributed by atoms with Gasteiger partial charge in [0.25, 0.3) is 0 Å². The maximum atomic E-state index is 12.2. The third-order valence-corrected chi connectivity index (χ3v) is 6.53. The lowest BCUT2D eigenvalue weighted by atomic mass is 9.93. The number of hydrogen-bond donors (Lipinski definition) is 0. The normalized spacial score (nSPS) is 15.3. The molecule has 2 aromatic carbocycles. The number of benzene rings is 2. The highest BCUT2D eigenvalue weighted by Crippen LogP contribution is 2.30. The fourth-order valence-corrected chi connectivity index (χ4v) is 4.85. The number of aromatic nitrogens is 1. The van der Waals surface area contributed by atoms with E-state index in [9.17, 15) is 9.59 Å². The molecule has 0 aliphatic carbocycles. The van der Waals surface area contributed by atoms with E-state index in [0.29, 0.717) is 18.8 Å². The van der Waals surface area contributed by atoms with Crippen LogP contribution in [0, 0.1) is 5.92 Å². The fourth-order valence-electron chi connectivity index (χ4n) is 4.85. The molecule has 0 spiro atoms. The van der Waals surface area contributed by atoms with Crippen molar-refractivity contribution >= 4 is 22.5 Å². The number of ketones is 1. The maximum Gasteiger partial charge on any atom is 0.306 e. The van der Waals surface area contributed by atoms with Crippen LogP contribution in [-0.4, -0.2) is 40.3 Å². The number of fused-ring (bicyclic) bond motifs is 1. The number of piperidine rings is 1. The van der Waals surface area contributed by atoms with E-state index in [1.807, 2.05) is 45.3 Å². The molecule has 184 valence electrons. The van der Waals surface area contributed by atoms with Crippen molar-refractivity contribution in [3.8, 4) is 11.1 Å². The summed E-state index contributed by atoms with van der Waals surface area (Å²) in [7, 11) is 0. The van der Waals surface area contributed by atoms with Crippen molar-refractivity contribution in [2.75, 3.05) is 13.1 Å². The summed E-state index contributed by atoms with van der Waals surface area (Å²) in [6, 6.07) is 14.8. The lowest BCUT2D eigenvalue weighted by Gasteiger charge is -2.32. The average molecular weight is 473 g/mol. The molecular formula is C30H36N2O3. The summed E-state index contributed by atoms with van der Waals surface area (Å²) in [6.07, 6.45) is 6.86. The first-order chi connectivity index (χ1) is 16.7. The molecule has 1 saturated heterocycles. The van der Waals surface area contributed by atoms with Crippen LogP contribution in [0.15, 0.2) is 54.9 Å². The quantitative estimate of drug-likeness (QED) is 0.396. The van der Waals surface area contributed by atoms with Crippen LogP contribution in [0.25, 0.3) is 21.9 Å². The van der Waals surface area contributed by atoms with E-state index in [1.54, 1.807) is 6.92 Å². The molecule has 1 aliphatic heterocycles. The fraction of sp³-hybridized carbons (Fsp3) is 0.433. The van der Waals surface area contributed by atoms with E-state index in [1.165, 1.54) is 10.9 Å². The van der Waals surface area contributed by atoms with Gasteiger partial charge in [0.1, 0.15) is 11.4 Å². The summed E-state index contributed by atoms with van der Waals surface area (Å²) < 4.78 is 5.50. The standard InChI is InChI=1S/C30H36N2O3/c1-21(33)15-22-5-8-25(9-6-22)28-19-31-18-26-10-7-24(16-27(26)28)20-32-13-11-23(12-14-32)17-29(34)35-30(2,3)4/h5-10,16,18-19,23H,11-15,17,20H2,1-4H3. The van der Waals surface area contributed by atoms with Gasteiger partial charge in [0.2, 0.25) is 0 Å². The zero-order chi connectivity index (χ0) is 25.0. The molecule has 2 heterocycles. The number of nitrogens with zero attached hydrogens (tertiary/aromatic N) is 2. The smallest absolute Gasteiger partial charge is 0.306 e. The van der Waals surface area contributed by atoms with Crippen LogP contribution in [0.5, 0.6) is 0 Å². The van der Waals surface area contributed by atoms with Crippen LogP contribution >= 0.6 is 0 Å². The average Bonchev–Trinajstić information content (AvgIpc) is 2.79. The second-order valence-corrected chi connectivity index (χ2v) is 10.8. The monoisotopic (exact) mass is 472 g/mol. The van der Waals surface area contributed by atoms with Crippen molar-refractivity contribution < 1.29 is 14.3 Å². The predicted molar refractivity (Wildman–Crippen MR) is 140 cm³/mol. The summed E-state index contributed by atoms with van der Waals surface area (Å²) in [5.41, 5.74) is 4.11. The Kier molecular flexibility index (Phi) is 7.66. The van der Waals surface area contributed by atoms with Gasteiger partial charge in [-0.2, -0.15) is 0 Å². The highest BCUT2D eigenvalue weighted by molar-refractivity contribution is 5.96. The Hall–Kier alpha value is -3.05. The minimum absolute atomic E-state index is 0.0825. The number of carbonyl (C=O) groups is 2. The van der Waals surface area contributed by atoms with E-state index in [4.69, 9.17) is 4.74 Å². The third-order valence-electron chi connectivity index (χ3n) is 6.53. The van der Waals surface area contributed by atoms with Crippen LogP contribution in [0.4, 0.5) is 0 Å². The largest absolute Gasteiger partial charge is 0.460 e. The van der Waals surface area contributed by atoms with Crippen molar-refractivity contribution in [2.24, 2.45) is 5.92 Å². The Balaban J connectivity index is 1.42. The number of esters is 1. The summed E-state index contributed by atoms with van der Waals surface area (Å²) in [4.78, 5) is 30.5.